The highest BCUT2D eigenvalue weighted by atomic mass is 79.9. The van der Waals surface area contributed by atoms with Crippen LogP contribution >= 0.6 is 15.9 Å². The third kappa shape index (κ3) is 4.91. The fraction of sp³-hybridized carbons (Fsp3) is 0.316. The Morgan fingerprint density at radius 3 is 2.26 bits per heavy atom. The van der Waals surface area contributed by atoms with Gasteiger partial charge in [0.1, 0.15) is 0 Å². The molecular formula is C19H23BrN2O. The highest BCUT2D eigenvalue weighted by Gasteiger charge is 2.12. The van der Waals surface area contributed by atoms with Gasteiger partial charge in [0.25, 0.3) is 0 Å². The van der Waals surface area contributed by atoms with E-state index < -0.39 is 0 Å². The molecular weight excluding hydrogens is 352 g/mol. The topological polar surface area (TPSA) is 41.1 Å². The summed E-state index contributed by atoms with van der Waals surface area (Å²) in [5, 5.41) is 6.35. The number of hydrogen-bond acceptors (Lipinski definition) is 2. The molecule has 0 aliphatic rings. The van der Waals surface area contributed by atoms with Crippen LogP contribution in [0.2, 0.25) is 0 Å². The molecule has 0 unspecified atom stereocenters. The highest BCUT2D eigenvalue weighted by molar-refractivity contribution is 9.10. The quantitative estimate of drug-likeness (QED) is 0.765. The Balaban J connectivity index is 1.96. The van der Waals surface area contributed by atoms with Crippen LogP contribution in [0.3, 0.4) is 0 Å². The number of carbonyl (C=O) groups excluding carboxylic acids is 1. The van der Waals surface area contributed by atoms with Gasteiger partial charge < -0.3 is 10.6 Å². The standard InChI is InChI=1S/C19H23BrN2O/c1-4-17(15-8-10-16(20)11-9-15)21-12-18(23)22-19-13(2)6-5-7-14(19)3/h5-11,17,21H,4,12H2,1-3H3,(H,22,23)/t17-/m1/s1. The maximum absolute atomic E-state index is 12.2. The first kappa shape index (κ1) is 17.7. The molecule has 2 N–H and O–H groups in total. The number of para-hydroxylation sites is 1. The number of rotatable bonds is 6. The van der Waals surface area contributed by atoms with Crippen molar-refractivity contribution in [1.82, 2.24) is 5.32 Å². The monoisotopic (exact) mass is 374 g/mol. The summed E-state index contributed by atoms with van der Waals surface area (Å²) in [6.07, 6.45) is 0.929. The van der Waals surface area contributed by atoms with Crippen LogP contribution in [0.25, 0.3) is 0 Å². The molecule has 2 rings (SSSR count). The van der Waals surface area contributed by atoms with Crippen molar-refractivity contribution in [2.24, 2.45) is 0 Å². The molecule has 2 aromatic rings. The van der Waals surface area contributed by atoms with Crippen LogP contribution in [-0.2, 0) is 4.79 Å². The number of hydrogen-bond donors (Lipinski definition) is 2. The van der Waals surface area contributed by atoms with Crippen molar-refractivity contribution in [1.29, 1.82) is 0 Å². The molecule has 0 aliphatic heterocycles. The Morgan fingerprint density at radius 2 is 1.70 bits per heavy atom. The molecule has 2 aromatic carbocycles. The van der Waals surface area contributed by atoms with Crippen LogP contribution in [0.4, 0.5) is 5.69 Å². The molecule has 0 aromatic heterocycles. The summed E-state index contributed by atoms with van der Waals surface area (Å²) in [7, 11) is 0. The van der Waals surface area contributed by atoms with Gasteiger partial charge in [0, 0.05) is 16.2 Å². The zero-order valence-electron chi connectivity index (χ0n) is 13.8. The minimum absolute atomic E-state index is 0.0158. The summed E-state index contributed by atoms with van der Waals surface area (Å²) in [6, 6.07) is 14.4. The average Bonchev–Trinajstić information content (AvgIpc) is 2.53. The van der Waals surface area contributed by atoms with Gasteiger partial charge >= 0.3 is 0 Å². The van der Waals surface area contributed by atoms with E-state index in [0.717, 1.165) is 27.7 Å². The number of nitrogens with one attached hydrogen (secondary N) is 2. The van der Waals surface area contributed by atoms with Gasteiger partial charge in [-0.25, -0.2) is 0 Å². The van der Waals surface area contributed by atoms with Crippen LogP contribution < -0.4 is 10.6 Å². The molecule has 122 valence electrons. The summed E-state index contributed by atoms with van der Waals surface area (Å²) < 4.78 is 1.06. The van der Waals surface area contributed by atoms with E-state index in [1.54, 1.807) is 0 Å². The van der Waals surface area contributed by atoms with Gasteiger partial charge in [0.05, 0.1) is 6.54 Å². The number of carbonyl (C=O) groups is 1. The summed E-state index contributed by atoms with van der Waals surface area (Å²) >= 11 is 3.44. The average molecular weight is 375 g/mol. The predicted molar refractivity (Wildman–Crippen MR) is 99.7 cm³/mol. The number of benzene rings is 2. The molecule has 0 aliphatic carbocycles. The van der Waals surface area contributed by atoms with Gasteiger partial charge in [-0.1, -0.05) is 53.2 Å². The van der Waals surface area contributed by atoms with Crippen molar-refractivity contribution in [3.8, 4) is 0 Å². The summed E-state index contributed by atoms with van der Waals surface area (Å²) in [4.78, 5) is 12.2. The molecule has 1 atom stereocenters. The molecule has 0 spiro atoms. The third-order valence-corrected chi connectivity index (χ3v) is 4.46. The first-order chi connectivity index (χ1) is 11.0. The molecule has 4 heteroatoms. The number of amides is 1. The Bertz CT molecular complexity index is 647. The van der Waals surface area contributed by atoms with Crippen molar-refractivity contribution >= 4 is 27.5 Å². The zero-order chi connectivity index (χ0) is 16.8. The minimum Gasteiger partial charge on any atom is -0.324 e. The van der Waals surface area contributed by atoms with Gasteiger partial charge in [-0.05, 0) is 49.1 Å². The Hall–Kier alpha value is -1.65. The van der Waals surface area contributed by atoms with Gasteiger partial charge in [-0.3, -0.25) is 4.79 Å². The van der Waals surface area contributed by atoms with E-state index in [0.29, 0.717) is 6.54 Å². The van der Waals surface area contributed by atoms with E-state index >= 15 is 0 Å². The van der Waals surface area contributed by atoms with E-state index in [1.807, 2.05) is 44.2 Å². The summed E-state index contributed by atoms with van der Waals surface area (Å²) in [6.45, 7) is 6.42. The first-order valence-electron chi connectivity index (χ1n) is 7.86. The van der Waals surface area contributed by atoms with E-state index in [-0.39, 0.29) is 11.9 Å². The van der Waals surface area contributed by atoms with E-state index in [2.05, 4.69) is 45.6 Å². The van der Waals surface area contributed by atoms with E-state index in [9.17, 15) is 4.79 Å². The lowest BCUT2D eigenvalue weighted by atomic mass is 10.0. The smallest absolute Gasteiger partial charge is 0.238 e. The van der Waals surface area contributed by atoms with Crippen molar-refractivity contribution in [3.05, 3.63) is 63.6 Å². The fourth-order valence-electron chi connectivity index (χ4n) is 2.60. The number of halogens is 1. The van der Waals surface area contributed by atoms with Crippen LogP contribution in [0.5, 0.6) is 0 Å². The fourth-order valence-corrected chi connectivity index (χ4v) is 2.87. The first-order valence-corrected chi connectivity index (χ1v) is 8.65. The second-order valence-electron chi connectivity index (χ2n) is 5.71. The lowest BCUT2D eigenvalue weighted by molar-refractivity contribution is -0.115. The van der Waals surface area contributed by atoms with Crippen molar-refractivity contribution in [2.75, 3.05) is 11.9 Å². The van der Waals surface area contributed by atoms with E-state index in [1.165, 1.54) is 5.56 Å². The molecule has 0 bridgehead atoms. The molecule has 23 heavy (non-hydrogen) atoms. The largest absolute Gasteiger partial charge is 0.324 e. The maximum Gasteiger partial charge on any atom is 0.238 e. The zero-order valence-corrected chi connectivity index (χ0v) is 15.4. The van der Waals surface area contributed by atoms with E-state index in [4.69, 9.17) is 0 Å². The van der Waals surface area contributed by atoms with Gasteiger partial charge in [-0.15, -0.1) is 0 Å². The van der Waals surface area contributed by atoms with Crippen molar-refractivity contribution in [2.45, 2.75) is 33.2 Å². The second kappa shape index (κ2) is 8.27. The Morgan fingerprint density at radius 1 is 1.09 bits per heavy atom. The van der Waals surface area contributed by atoms with Crippen LogP contribution in [-0.4, -0.2) is 12.5 Å². The van der Waals surface area contributed by atoms with Gasteiger partial charge in [-0.2, -0.15) is 0 Å². The number of aryl methyl sites for hydroxylation is 2. The molecule has 0 saturated heterocycles. The molecule has 1 amide bonds. The maximum atomic E-state index is 12.2. The highest BCUT2D eigenvalue weighted by Crippen LogP contribution is 2.20. The minimum atomic E-state index is -0.0158. The number of anilines is 1. The lowest BCUT2D eigenvalue weighted by Crippen LogP contribution is -2.31. The normalized spacial score (nSPS) is 12.0. The summed E-state index contributed by atoms with van der Waals surface area (Å²) in [5.74, 6) is -0.0158. The van der Waals surface area contributed by atoms with Crippen LogP contribution in [0, 0.1) is 13.8 Å². The van der Waals surface area contributed by atoms with Gasteiger partial charge in [0.15, 0.2) is 0 Å². The summed E-state index contributed by atoms with van der Waals surface area (Å²) in [5.41, 5.74) is 4.27. The second-order valence-corrected chi connectivity index (χ2v) is 6.62. The Labute approximate surface area is 146 Å². The molecule has 3 nitrogen and oxygen atoms in total. The Kier molecular flexibility index (Phi) is 6.37. The molecule has 0 fully saturated rings. The van der Waals surface area contributed by atoms with Crippen LogP contribution in [0.1, 0.15) is 36.1 Å². The van der Waals surface area contributed by atoms with Crippen molar-refractivity contribution < 1.29 is 4.79 Å². The van der Waals surface area contributed by atoms with Crippen LogP contribution in [0.15, 0.2) is 46.9 Å². The SMILES string of the molecule is CC[C@@H](NCC(=O)Nc1c(C)cccc1C)c1ccc(Br)cc1. The molecule has 0 heterocycles. The van der Waals surface area contributed by atoms with Crippen molar-refractivity contribution in [3.63, 3.8) is 0 Å². The predicted octanol–water partition coefficient (Wildman–Crippen LogP) is 4.75. The molecule has 0 radical (unpaired) electrons. The third-order valence-electron chi connectivity index (χ3n) is 3.94. The molecule has 0 saturated carbocycles. The van der Waals surface area contributed by atoms with Gasteiger partial charge in [0.2, 0.25) is 5.91 Å². The lowest BCUT2D eigenvalue weighted by Gasteiger charge is -2.18.